The monoisotopic (exact) mass is 264 g/mol. The van der Waals surface area contributed by atoms with Crippen LogP contribution in [0.4, 0.5) is 13.2 Å². The van der Waals surface area contributed by atoms with Crippen LogP contribution in [0.2, 0.25) is 0 Å². The van der Waals surface area contributed by atoms with E-state index in [1.807, 2.05) is 0 Å². The summed E-state index contributed by atoms with van der Waals surface area (Å²) in [5.41, 5.74) is 5.96. The molecule has 1 heterocycles. The minimum atomic E-state index is -4.02. The maximum atomic E-state index is 12.8. The highest BCUT2D eigenvalue weighted by Gasteiger charge is 2.43. The van der Waals surface area contributed by atoms with Gasteiger partial charge in [-0.25, -0.2) is 0 Å². The van der Waals surface area contributed by atoms with E-state index in [1.165, 1.54) is 0 Å². The highest BCUT2D eigenvalue weighted by atomic mass is 19.4. The fraction of sp³-hybridized carbons (Fsp3) is 1.00. The van der Waals surface area contributed by atoms with Gasteiger partial charge in [0.25, 0.3) is 0 Å². The zero-order chi connectivity index (χ0) is 13.3. The van der Waals surface area contributed by atoms with Crippen molar-refractivity contribution in [2.24, 2.45) is 17.6 Å². The topological polar surface area (TPSA) is 29.3 Å². The summed E-state index contributed by atoms with van der Waals surface area (Å²) in [6.45, 7) is 3.82. The van der Waals surface area contributed by atoms with E-state index in [0.717, 1.165) is 25.9 Å². The van der Waals surface area contributed by atoms with Gasteiger partial charge in [0.05, 0.1) is 5.92 Å². The van der Waals surface area contributed by atoms with Crippen LogP contribution in [-0.2, 0) is 0 Å². The molecule has 0 bridgehead atoms. The maximum Gasteiger partial charge on any atom is 0.391 e. The Kier molecular flexibility index (Phi) is 4.22. The zero-order valence-corrected chi connectivity index (χ0v) is 10.9. The molecule has 0 aromatic rings. The number of likely N-dealkylation sites (tertiary alicyclic amines) is 1. The summed E-state index contributed by atoms with van der Waals surface area (Å²) >= 11 is 0. The second kappa shape index (κ2) is 5.37. The quantitative estimate of drug-likeness (QED) is 0.789. The molecule has 2 N–H and O–H groups in total. The number of piperidine rings is 1. The van der Waals surface area contributed by atoms with Gasteiger partial charge in [-0.05, 0) is 38.1 Å². The Morgan fingerprint density at radius 2 is 1.89 bits per heavy atom. The first-order valence-electron chi connectivity index (χ1n) is 6.94. The third-order valence-electron chi connectivity index (χ3n) is 4.63. The number of hydrogen-bond acceptors (Lipinski definition) is 2. The van der Waals surface area contributed by atoms with Gasteiger partial charge in [0, 0.05) is 18.6 Å². The van der Waals surface area contributed by atoms with E-state index in [2.05, 4.69) is 11.8 Å². The Morgan fingerprint density at radius 3 is 2.50 bits per heavy atom. The minimum Gasteiger partial charge on any atom is -0.327 e. The third-order valence-corrected chi connectivity index (χ3v) is 4.63. The predicted molar refractivity (Wildman–Crippen MR) is 65.1 cm³/mol. The lowest BCUT2D eigenvalue weighted by Gasteiger charge is -2.43. The molecule has 5 heteroatoms. The van der Waals surface area contributed by atoms with Crippen LogP contribution in [0.3, 0.4) is 0 Å². The van der Waals surface area contributed by atoms with Crippen LogP contribution in [0, 0.1) is 11.8 Å². The molecule has 4 unspecified atom stereocenters. The Morgan fingerprint density at radius 1 is 1.17 bits per heavy atom. The Bertz CT molecular complexity index is 280. The molecule has 2 fully saturated rings. The molecule has 1 aliphatic carbocycles. The van der Waals surface area contributed by atoms with E-state index in [1.54, 1.807) is 0 Å². The van der Waals surface area contributed by atoms with Crippen LogP contribution >= 0.6 is 0 Å². The van der Waals surface area contributed by atoms with Gasteiger partial charge in [-0.15, -0.1) is 0 Å². The summed E-state index contributed by atoms with van der Waals surface area (Å²) in [5.74, 6) is -0.702. The van der Waals surface area contributed by atoms with E-state index in [9.17, 15) is 13.2 Å². The second-order valence-corrected chi connectivity index (χ2v) is 5.98. The number of alkyl halides is 3. The normalized spacial score (nSPS) is 39.8. The molecule has 2 rings (SSSR count). The van der Waals surface area contributed by atoms with Crippen LogP contribution in [-0.4, -0.2) is 36.2 Å². The van der Waals surface area contributed by atoms with Crippen LogP contribution in [0.5, 0.6) is 0 Å². The average molecular weight is 264 g/mol. The number of hydrogen-bond donors (Lipinski definition) is 1. The minimum absolute atomic E-state index is 0.111. The zero-order valence-electron chi connectivity index (χ0n) is 10.9. The van der Waals surface area contributed by atoms with Gasteiger partial charge in [0.15, 0.2) is 0 Å². The van der Waals surface area contributed by atoms with Gasteiger partial charge in [-0.3, -0.25) is 4.90 Å². The van der Waals surface area contributed by atoms with Crippen LogP contribution in [0.25, 0.3) is 0 Å². The summed E-state index contributed by atoms with van der Waals surface area (Å²) in [6, 6.07) is 0.323. The highest BCUT2D eigenvalue weighted by molar-refractivity contribution is 4.88. The molecule has 0 radical (unpaired) electrons. The van der Waals surface area contributed by atoms with Gasteiger partial charge < -0.3 is 5.73 Å². The smallest absolute Gasteiger partial charge is 0.327 e. The molecule has 1 saturated carbocycles. The fourth-order valence-corrected chi connectivity index (χ4v) is 3.32. The number of nitrogens with zero attached hydrogens (tertiary/aromatic N) is 1. The van der Waals surface area contributed by atoms with E-state index < -0.39 is 12.1 Å². The van der Waals surface area contributed by atoms with E-state index >= 15 is 0 Å². The number of halogens is 3. The maximum absolute atomic E-state index is 12.8. The summed E-state index contributed by atoms with van der Waals surface area (Å²) in [7, 11) is 0. The van der Waals surface area contributed by atoms with Crippen LogP contribution in [0.15, 0.2) is 0 Å². The standard InChI is InChI=1S/C13H23F3N2/c1-9-8-18(6-5-12(9)17)11-4-2-3-10(7-11)13(14,15)16/h9-12H,2-8,17H2,1H3. The molecule has 18 heavy (non-hydrogen) atoms. The van der Waals surface area contributed by atoms with Gasteiger partial charge >= 0.3 is 6.18 Å². The second-order valence-electron chi connectivity index (χ2n) is 5.98. The molecule has 0 spiro atoms. The molecule has 2 aliphatic rings. The number of nitrogens with two attached hydrogens (primary N) is 1. The Hall–Kier alpha value is -0.290. The molecule has 1 aliphatic heterocycles. The SMILES string of the molecule is CC1CN(C2CCCC(C(F)(F)F)C2)CCC1N. The average Bonchev–Trinajstić information content (AvgIpc) is 2.32. The van der Waals surface area contributed by atoms with Crippen LogP contribution < -0.4 is 5.73 Å². The predicted octanol–water partition coefficient (Wildman–Crippen LogP) is 2.78. The van der Waals surface area contributed by atoms with Gasteiger partial charge in [0.1, 0.15) is 0 Å². The van der Waals surface area contributed by atoms with Crippen LogP contribution in [0.1, 0.15) is 39.0 Å². The van der Waals surface area contributed by atoms with E-state index in [4.69, 9.17) is 5.73 Å². The molecule has 4 atom stereocenters. The first-order valence-corrected chi connectivity index (χ1v) is 6.94. The largest absolute Gasteiger partial charge is 0.391 e. The molecule has 106 valence electrons. The molecular formula is C13H23F3N2. The third kappa shape index (κ3) is 3.18. The lowest BCUT2D eigenvalue weighted by Crippen LogP contribution is -2.51. The molecular weight excluding hydrogens is 241 g/mol. The van der Waals surface area contributed by atoms with Crippen molar-refractivity contribution in [1.82, 2.24) is 4.90 Å². The first-order chi connectivity index (χ1) is 8.38. The van der Waals surface area contributed by atoms with Gasteiger partial charge in [-0.2, -0.15) is 13.2 Å². The van der Waals surface area contributed by atoms with Crippen molar-refractivity contribution in [2.45, 2.75) is 57.3 Å². The van der Waals surface area contributed by atoms with E-state index in [-0.39, 0.29) is 18.5 Å². The van der Waals surface area contributed by atoms with Gasteiger partial charge in [0.2, 0.25) is 0 Å². The summed E-state index contributed by atoms with van der Waals surface area (Å²) < 4.78 is 38.3. The van der Waals surface area contributed by atoms with Crippen molar-refractivity contribution in [1.29, 1.82) is 0 Å². The Labute approximate surface area is 107 Å². The molecule has 0 aromatic carbocycles. The lowest BCUT2D eigenvalue weighted by atomic mass is 9.83. The molecule has 2 nitrogen and oxygen atoms in total. The fourth-order valence-electron chi connectivity index (χ4n) is 3.32. The molecule has 0 amide bonds. The van der Waals surface area contributed by atoms with E-state index in [0.29, 0.717) is 18.8 Å². The van der Waals surface area contributed by atoms with Crippen molar-refractivity contribution < 1.29 is 13.2 Å². The highest BCUT2D eigenvalue weighted by Crippen LogP contribution is 2.39. The summed E-state index contributed by atoms with van der Waals surface area (Å²) in [5, 5.41) is 0. The van der Waals surface area contributed by atoms with Crippen molar-refractivity contribution in [2.75, 3.05) is 13.1 Å². The summed E-state index contributed by atoms with van der Waals surface area (Å²) in [4.78, 5) is 2.24. The number of rotatable bonds is 1. The lowest BCUT2D eigenvalue weighted by molar-refractivity contribution is -0.187. The summed E-state index contributed by atoms with van der Waals surface area (Å²) in [6.07, 6.45) is -0.903. The molecule has 0 aromatic heterocycles. The van der Waals surface area contributed by atoms with Crippen molar-refractivity contribution in [3.05, 3.63) is 0 Å². The first kappa shape index (κ1) is 14.1. The van der Waals surface area contributed by atoms with Crippen molar-refractivity contribution >= 4 is 0 Å². The van der Waals surface area contributed by atoms with Crippen molar-refractivity contribution in [3.63, 3.8) is 0 Å². The molecule has 1 saturated heterocycles. The Balaban J connectivity index is 1.93. The van der Waals surface area contributed by atoms with Crippen molar-refractivity contribution in [3.8, 4) is 0 Å². The van der Waals surface area contributed by atoms with Gasteiger partial charge in [-0.1, -0.05) is 13.3 Å².